The molecular formula is C11H18N2O2. The van der Waals surface area contributed by atoms with Crippen LogP contribution in [-0.4, -0.2) is 38.0 Å². The highest BCUT2D eigenvalue weighted by Gasteiger charge is 2.14. The van der Waals surface area contributed by atoms with E-state index in [0.29, 0.717) is 5.76 Å². The van der Waals surface area contributed by atoms with Crippen LogP contribution >= 0.6 is 0 Å². The Morgan fingerprint density at radius 3 is 2.80 bits per heavy atom. The van der Waals surface area contributed by atoms with Gasteiger partial charge in [0.2, 0.25) is 0 Å². The van der Waals surface area contributed by atoms with Crippen LogP contribution in [0, 0.1) is 6.92 Å². The molecule has 0 unspecified atom stereocenters. The highest BCUT2D eigenvalue weighted by Crippen LogP contribution is 2.08. The van der Waals surface area contributed by atoms with Crippen LogP contribution in [0.15, 0.2) is 16.5 Å². The summed E-state index contributed by atoms with van der Waals surface area (Å²) >= 11 is 0. The summed E-state index contributed by atoms with van der Waals surface area (Å²) < 4.78 is 5.27. The number of hydrogen-bond acceptors (Lipinski definition) is 3. The van der Waals surface area contributed by atoms with E-state index in [0.717, 1.165) is 25.3 Å². The molecule has 1 aromatic heterocycles. The molecule has 0 atom stereocenters. The van der Waals surface area contributed by atoms with Crippen LogP contribution in [0.25, 0.3) is 0 Å². The highest BCUT2D eigenvalue weighted by atomic mass is 16.3. The van der Waals surface area contributed by atoms with Gasteiger partial charge in [-0.05, 0) is 39.1 Å². The first-order valence-electron chi connectivity index (χ1n) is 5.11. The molecule has 0 saturated heterocycles. The lowest BCUT2D eigenvalue weighted by atomic mass is 10.3. The van der Waals surface area contributed by atoms with Crippen molar-refractivity contribution in [2.45, 2.75) is 13.3 Å². The van der Waals surface area contributed by atoms with Crippen LogP contribution in [-0.2, 0) is 0 Å². The molecule has 1 rings (SSSR count). The van der Waals surface area contributed by atoms with E-state index in [1.54, 1.807) is 24.1 Å². The lowest BCUT2D eigenvalue weighted by Gasteiger charge is -2.15. The fraction of sp³-hybridized carbons (Fsp3) is 0.545. The van der Waals surface area contributed by atoms with Gasteiger partial charge in [0, 0.05) is 13.6 Å². The van der Waals surface area contributed by atoms with Crippen LogP contribution in [0.1, 0.15) is 22.7 Å². The SMILES string of the molecule is CNCCCN(C)C(=O)c1ccc(C)o1. The molecule has 1 aromatic rings. The van der Waals surface area contributed by atoms with Crippen molar-refractivity contribution in [3.63, 3.8) is 0 Å². The summed E-state index contributed by atoms with van der Waals surface area (Å²) in [5.41, 5.74) is 0. The maximum Gasteiger partial charge on any atom is 0.289 e. The zero-order valence-corrected chi connectivity index (χ0v) is 9.54. The molecule has 0 aliphatic heterocycles. The smallest absolute Gasteiger partial charge is 0.289 e. The number of amides is 1. The highest BCUT2D eigenvalue weighted by molar-refractivity contribution is 5.91. The lowest BCUT2D eigenvalue weighted by Crippen LogP contribution is -2.29. The molecule has 0 fully saturated rings. The van der Waals surface area contributed by atoms with Crippen LogP contribution in [0.5, 0.6) is 0 Å². The topological polar surface area (TPSA) is 45.5 Å². The second-order valence-electron chi connectivity index (χ2n) is 3.59. The second kappa shape index (κ2) is 5.56. The van der Waals surface area contributed by atoms with E-state index in [9.17, 15) is 4.79 Å². The molecule has 0 saturated carbocycles. The Morgan fingerprint density at radius 1 is 1.53 bits per heavy atom. The number of nitrogens with one attached hydrogen (secondary N) is 1. The fourth-order valence-electron chi connectivity index (χ4n) is 1.33. The lowest BCUT2D eigenvalue weighted by molar-refractivity contribution is 0.0761. The van der Waals surface area contributed by atoms with Crippen molar-refractivity contribution in [1.29, 1.82) is 0 Å². The molecule has 84 valence electrons. The summed E-state index contributed by atoms with van der Waals surface area (Å²) in [7, 11) is 3.69. The average molecular weight is 210 g/mol. The van der Waals surface area contributed by atoms with E-state index in [4.69, 9.17) is 4.42 Å². The second-order valence-corrected chi connectivity index (χ2v) is 3.59. The van der Waals surface area contributed by atoms with Crippen LogP contribution in [0.4, 0.5) is 0 Å². The third kappa shape index (κ3) is 3.40. The number of nitrogens with zero attached hydrogens (tertiary/aromatic N) is 1. The van der Waals surface area contributed by atoms with Crippen molar-refractivity contribution in [3.05, 3.63) is 23.7 Å². The predicted molar refractivity (Wildman–Crippen MR) is 58.9 cm³/mol. The molecule has 1 N–H and O–H groups in total. The van der Waals surface area contributed by atoms with Gasteiger partial charge in [-0.1, -0.05) is 0 Å². The number of furan rings is 1. The third-order valence-corrected chi connectivity index (χ3v) is 2.22. The number of carbonyl (C=O) groups is 1. The van der Waals surface area contributed by atoms with Gasteiger partial charge < -0.3 is 14.6 Å². The zero-order valence-electron chi connectivity index (χ0n) is 9.54. The van der Waals surface area contributed by atoms with Crippen molar-refractivity contribution in [3.8, 4) is 0 Å². The first kappa shape index (κ1) is 11.8. The van der Waals surface area contributed by atoms with E-state index in [-0.39, 0.29) is 5.91 Å². The maximum absolute atomic E-state index is 11.8. The first-order valence-corrected chi connectivity index (χ1v) is 5.11. The van der Waals surface area contributed by atoms with Gasteiger partial charge in [0.1, 0.15) is 5.76 Å². The van der Waals surface area contributed by atoms with Gasteiger partial charge in [0.05, 0.1) is 0 Å². The largest absolute Gasteiger partial charge is 0.456 e. The zero-order chi connectivity index (χ0) is 11.3. The van der Waals surface area contributed by atoms with E-state index in [1.165, 1.54) is 0 Å². The Balaban J connectivity index is 2.46. The fourth-order valence-corrected chi connectivity index (χ4v) is 1.33. The van der Waals surface area contributed by atoms with E-state index in [1.807, 2.05) is 14.0 Å². The molecule has 4 nitrogen and oxygen atoms in total. The Labute approximate surface area is 90.3 Å². The Bertz CT molecular complexity index is 320. The van der Waals surface area contributed by atoms with Gasteiger partial charge >= 0.3 is 0 Å². The average Bonchev–Trinajstić information content (AvgIpc) is 2.64. The van der Waals surface area contributed by atoms with E-state index >= 15 is 0 Å². The van der Waals surface area contributed by atoms with Crippen LogP contribution in [0.2, 0.25) is 0 Å². The summed E-state index contributed by atoms with van der Waals surface area (Å²) in [5.74, 6) is 1.13. The van der Waals surface area contributed by atoms with Gasteiger partial charge in [-0.2, -0.15) is 0 Å². The minimum Gasteiger partial charge on any atom is -0.456 e. The van der Waals surface area contributed by atoms with E-state index in [2.05, 4.69) is 5.32 Å². The first-order chi connectivity index (χ1) is 7.15. The van der Waals surface area contributed by atoms with Crippen LogP contribution in [0.3, 0.4) is 0 Å². The molecule has 1 heterocycles. The number of aryl methyl sites for hydroxylation is 1. The Hall–Kier alpha value is -1.29. The van der Waals surface area contributed by atoms with Crippen molar-refractivity contribution in [2.75, 3.05) is 27.2 Å². The van der Waals surface area contributed by atoms with Gasteiger partial charge in [0.25, 0.3) is 5.91 Å². The predicted octanol–water partition coefficient (Wildman–Crippen LogP) is 1.27. The van der Waals surface area contributed by atoms with Crippen molar-refractivity contribution < 1.29 is 9.21 Å². The standard InChI is InChI=1S/C11H18N2O2/c1-9-5-6-10(15-9)11(14)13(3)8-4-7-12-2/h5-6,12H,4,7-8H2,1-3H3. The summed E-state index contributed by atoms with van der Waals surface area (Å²) in [5, 5.41) is 3.04. The normalized spacial score (nSPS) is 10.3. The molecule has 0 bridgehead atoms. The third-order valence-electron chi connectivity index (χ3n) is 2.22. The number of rotatable bonds is 5. The van der Waals surface area contributed by atoms with Crippen molar-refractivity contribution >= 4 is 5.91 Å². The van der Waals surface area contributed by atoms with Crippen LogP contribution < -0.4 is 5.32 Å². The molecular weight excluding hydrogens is 192 g/mol. The molecule has 0 aliphatic carbocycles. The molecule has 1 amide bonds. The Kier molecular flexibility index (Phi) is 4.37. The molecule has 0 aliphatic rings. The summed E-state index contributed by atoms with van der Waals surface area (Å²) in [6.45, 7) is 3.48. The van der Waals surface area contributed by atoms with E-state index < -0.39 is 0 Å². The van der Waals surface area contributed by atoms with Gasteiger partial charge in [0.15, 0.2) is 5.76 Å². The van der Waals surface area contributed by atoms with Crippen molar-refractivity contribution in [2.24, 2.45) is 0 Å². The minimum absolute atomic E-state index is 0.0563. The maximum atomic E-state index is 11.8. The van der Waals surface area contributed by atoms with Gasteiger partial charge in [-0.3, -0.25) is 4.79 Å². The molecule has 15 heavy (non-hydrogen) atoms. The monoisotopic (exact) mass is 210 g/mol. The summed E-state index contributed by atoms with van der Waals surface area (Å²) in [6, 6.07) is 3.51. The van der Waals surface area contributed by atoms with Gasteiger partial charge in [-0.25, -0.2) is 0 Å². The number of carbonyl (C=O) groups excluding carboxylic acids is 1. The summed E-state index contributed by atoms with van der Waals surface area (Å²) in [4.78, 5) is 13.4. The van der Waals surface area contributed by atoms with Crippen molar-refractivity contribution in [1.82, 2.24) is 10.2 Å². The molecule has 0 radical (unpaired) electrons. The number of hydrogen-bond donors (Lipinski definition) is 1. The summed E-state index contributed by atoms with van der Waals surface area (Å²) in [6.07, 6.45) is 0.943. The molecule has 0 spiro atoms. The Morgan fingerprint density at radius 2 is 2.27 bits per heavy atom. The molecule has 4 heteroatoms. The quantitative estimate of drug-likeness (QED) is 0.744. The minimum atomic E-state index is -0.0563. The van der Waals surface area contributed by atoms with Gasteiger partial charge in [-0.15, -0.1) is 0 Å². The molecule has 0 aromatic carbocycles.